The van der Waals surface area contributed by atoms with Gasteiger partial charge in [0.15, 0.2) is 0 Å². The van der Waals surface area contributed by atoms with Gasteiger partial charge in [-0.05, 0) is 25.0 Å². The van der Waals surface area contributed by atoms with E-state index in [0.717, 1.165) is 37.0 Å². The number of rotatable bonds is 3. The lowest BCUT2D eigenvalue weighted by molar-refractivity contribution is -0.383. The highest BCUT2D eigenvalue weighted by atomic mass is 16.6. The van der Waals surface area contributed by atoms with E-state index >= 15 is 0 Å². The zero-order chi connectivity index (χ0) is 18.1. The molecule has 7 nitrogen and oxygen atoms in total. The van der Waals surface area contributed by atoms with E-state index in [-0.39, 0.29) is 16.5 Å². The normalized spacial score (nSPS) is 18.5. The molecule has 1 aromatic heterocycles. The number of hydrogen-bond donors (Lipinski definition) is 0. The summed E-state index contributed by atoms with van der Waals surface area (Å²) in [7, 11) is 0. The summed E-state index contributed by atoms with van der Waals surface area (Å²) in [5.74, 6) is 0.521. The van der Waals surface area contributed by atoms with E-state index in [2.05, 4.69) is 9.88 Å². The number of fused-ring (bicyclic) bond motifs is 1. The molecule has 0 bridgehead atoms. The van der Waals surface area contributed by atoms with Gasteiger partial charge in [0.2, 0.25) is 5.91 Å². The summed E-state index contributed by atoms with van der Waals surface area (Å²) in [6, 6.07) is 5.19. The van der Waals surface area contributed by atoms with Crippen molar-refractivity contribution in [3.63, 3.8) is 0 Å². The van der Waals surface area contributed by atoms with E-state index in [1.807, 2.05) is 17.0 Å². The number of nitro groups is 1. The minimum atomic E-state index is -0.369. The van der Waals surface area contributed by atoms with Crippen LogP contribution in [0.2, 0.25) is 0 Å². The van der Waals surface area contributed by atoms with Crippen molar-refractivity contribution in [1.29, 1.82) is 0 Å². The quantitative estimate of drug-likeness (QED) is 0.625. The summed E-state index contributed by atoms with van der Waals surface area (Å²) in [4.78, 5) is 31.7. The van der Waals surface area contributed by atoms with Crippen molar-refractivity contribution in [3.8, 4) is 0 Å². The maximum Gasteiger partial charge on any atom is 0.278 e. The maximum atomic E-state index is 12.6. The molecule has 26 heavy (non-hydrogen) atoms. The second kappa shape index (κ2) is 6.90. The predicted octanol–water partition coefficient (Wildman–Crippen LogP) is 2.98. The number of aromatic nitrogens is 1. The van der Waals surface area contributed by atoms with Crippen LogP contribution in [0.15, 0.2) is 30.6 Å². The number of nitrogens with zero attached hydrogens (tertiary/aromatic N) is 4. The lowest BCUT2D eigenvalue weighted by atomic mass is 10.1. The van der Waals surface area contributed by atoms with E-state index in [0.29, 0.717) is 24.4 Å². The van der Waals surface area contributed by atoms with Crippen molar-refractivity contribution in [2.75, 3.05) is 31.1 Å². The lowest BCUT2D eigenvalue weighted by Gasteiger charge is -2.37. The zero-order valence-corrected chi connectivity index (χ0v) is 14.6. The van der Waals surface area contributed by atoms with Crippen LogP contribution in [0.4, 0.5) is 11.4 Å². The van der Waals surface area contributed by atoms with E-state index in [9.17, 15) is 14.9 Å². The number of carbonyl (C=O) groups is 1. The first-order valence-corrected chi connectivity index (χ1v) is 9.20. The van der Waals surface area contributed by atoms with E-state index < -0.39 is 0 Å². The minimum Gasteiger partial charge on any atom is -0.367 e. The first-order valence-electron chi connectivity index (χ1n) is 9.20. The Labute approximate surface area is 151 Å². The van der Waals surface area contributed by atoms with Crippen LogP contribution in [-0.2, 0) is 4.79 Å². The molecule has 1 aliphatic heterocycles. The van der Waals surface area contributed by atoms with Crippen molar-refractivity contribution >= 4 is 28.1 Å². The van der Waals surface area contributed by atoms with Gasteiger partial charge in [0.05, 0.1) is 10.3 Å². The Morgan fingerprint density at radius 3 is 2.50 bits per heavy atom. The van der Waals surface area contributed by atoms with Crippen LogP contribution >= 0.6 is 0 Å². The van der Waals surface area contributed by atoms with Crippen LogP contribution in [0.5, 0.6) is 0 Å². The summed E-state index contributed by atoms with van der Waals surface area (Å²) in [6.07, 6.45) is 7.60. The number of hydrogen-bond acceptors (Lipinski definition) is 5. The molecular formula is C19H22N4O3. The third kappa shape index (κ3) is 2.98. The van der Waals surface area contributed by atoms with Crippen LogP contribution in [0.3, 0.4) is 0 Å². The molecule has 0 N–H and O–H groups in total. The van der Waals surface area contributed by atoms with E-state index in [4.69, 9.17) is 0 Å². The molecule has 0 radical (unpaired) electrons. The van der Waals surface area contributed by atoms with Crippen LogP contribution in [-0.4, -0.2) is 46.9 Å². The van der Waals surface area contributed by atoms with Gasteiger partial charge in [-0.25, -0.2) is 0 Å². The van der Waals surface area contributed by atoms with E-state index in [1.54, 1.807) is 18.5 Å². The second-order valence-electron chi connectivity index (χ2n) is 7.08. The van der Waals surface area contributed by atoms with Crippen molar-refractivity contribution in [3.05, 3.63) is 40.7 Å². The largest absolute Gasteiger partial charge is 0.367 e. The maximum absolute atomic E-state index is 12.6. The van der Waals surface area contributed by atoms with Gasteiger partial charge in [-0.1, -0.05) is 12.8 Å². The van der Waals surface area contributed by atoms with Crippen molar-refractivity contribution in [2.45, 2.75) is 25.7 Å². The predicted molar refractivity (Wildman–Crippen MR) is 99.1 cm³/mol. The van der Waals surface area contributed by atoms with E-state index in [1.165, 1.54) is 12.8 Å². The number of anilines is 1. The number of amides is 1. The molecule has 2 aliphatic rings. The molecule has 0 spiro atoms. The molecule has 1 saturated heterocycles. The monoisotopic (exact) mass is 354 g/mol. The Morgan fingerprint density at radius 2 is 1.81 bits per heavy atom. The standard InChI is InChI=1S/C19H22N4O3/c24-19(14-3-1-2-4-14)22-11-9-21(10-12-22)17-5-6-18(23(25)26)16-13-20-8-7-15(16)17/h5-8,13-14H,1-4,9-12H2. The fourth-order valence-electron chi connectivity index (χ4n) is 4.19. The SMILES string of the molecule is O=C(C1CCCC1)N1CCN(c2ccc([N+](=O)[O-])c3cnccc23)CC1. The van der Waals surface area contributed by atoms with Gasteiger partial charge >= 0.3 is 0 Å². The Bertz CT molecular complexity index is 840. The van der Waals surface area contributed by atoms with Gasteiger partial charge in [0.25, 0.3) is 5.69 Å². The highest BCUT2D eigenvalue weighted by Gasteiger charge is 2.30. The molecule has 4 rings (SSSR count). The zero-order valence-electron chi connectivity index (χ0n) is 14.6. The first-order chi connectivity index (χ1) is 12.6. The summed E-state index contributed by atoms with van der Waals surface area (Å²) in [5.41, 5.74) is 1.05. The van der Waals surface area contributed by atoms with Gasteiger partial charge < -0.3 is 9.80 Å². The molecule has 1 aliphatic carbocycles. The summed E-state index contributed by atoms with van der Waals surface area (Å²) < 4.78 is 0. The molecule has 7 heteroatoms. The first kappa shape index (κ1) is 16.8. The molecule has 2 aromatic rings. The Morgan fingerprint density at radius 1 is 1.08 bits per heavy atom. The third-order valence-corrected chi connectivity index (χ3v) is 5.61. The molecule has 2 fully saturated rings. The number of non-ortho nitro benzene ring substituents is 1. The summed E-state index contributed by atoms with van der Waals surface area (Å²) in [6.45, 7) is 2.90. The summed E-state index contributed by atoms with van der Waals surface area (Å²) >= 11 is 0. The van der Waals surface area contributed by atoms with Gasteiger partial charge in [0, 0.05) is 61.6 Å². The third-order valence-electron chi connectivity index (χ3n) is 5.61. The van der Waals surface area contributed by atoms with Crippen LogP contribution in [0.25, 0.3) is 10.8 Å². The molecule has 136 valence electrons. The highest BCUT2D eigenvalue weighted by molar-refractivity contribution is 5.99. The van der Waals surface area contributed by atoms with Gasteiger partial charge in [0.1, 0.15) is 0 Å². The Kier molecular flexibility index (Phi) is 4.44. The Balaban J connectivity index is 1.54. The minimum absolute atomic E-state index is 0.0758. The number of nitro benzene ring substituents is 1. The van der Waals surface area contributed by atoms with Crippen molar-refractivity contribution in [1.82, 2.24) is 9.88 Å². The number of benzene rings is 1. The van der Waals surface area contributed by atoms with Gasteiger partial charge in [-0.2, -0.15) is 0 Å². The van der Waals surface area contributed by atoms with Gasteiger partial charge in [-0.15, -0.1) is 0 Å². The lowest BCUT2D eigenvalue weighted by Crippen LogP contribution is -2.50. The Hall–Kier alpha value is -2.70. The topological polar surface area (TPSA) is 79.6 Å². The summed E-state index contributed by atoms with van der Waals surface area (Å²) in [5, 5.41) is 12.7. The highest BCUT2D eigenvalue weighted by Crippen LogP contribution is 2.34. The van der Waals surface area contributed by atoms with Crippen LogP contribution in [0.1, 0.15) is 25.7 Å². The van der Waals surface area contributed by atoms with Crippen LogP contribution in [0, 0.1) is 16.0 Å². The van der Waals surface area contributed by atoms with Crippen molar-refractivity contribution in [2.24, 2.45) is 5.92 Å². The number of piperazine rings is 1. The molecule has 1 amide bonds. The van der Waals surface area contributed by atoms with Gasteiger partial charge in [-0.3, -0.25) is 19.9 Å². The average molecular weight is 354 g/mol. The molecular weight excluding hydrogens is 332 g/mol. The molecule has 1 saturated carbocycles. The molecule has 1 aromatic carbocycles. The number of pyridine rings is 1. The molecule has 0 atom stereocenters. The molecule has 2 heterocycles. The van der Waals surface area contributed by atoms with Crippen molar-refractivity contribution < 1.29 is 9.72 Å². The van der Waals surface area contributed by atoms with Crippen LogP contribution < -0.4 is 4.90 Å². The average Bonchev–Trinajstić information content (AvgIpc) is 3.21. The smallest absolute Gasteiger partial charge is 0.278 e. The number of carbonyl (C=O) groups excluding carboxylic acids is 1. The molecule has 0 unspecified atom stereocenters. The fraction of sp³-hybridized carbons (Fsp3) is 0.474. The second-order valence-corrected chi connectivity index (χ2v) is 7.08. The fourth-order valence-corrected chi connectivity index (χ4v) is 4.19.